The Morgan fingerprint density at radius 1 is 1.22 bits per heavy atom. The van der Waals surface area contributed by atoms with Gasteiger partial charge < -0.3 is 4.74 Å². The zero-order chi connectivity index (χ0) is 16.6. The highest BCUT2D eigenvalue weighted by molar-refractivity contribution is 7.92. The molecule has 0 unspecified atom stereocenters. The molecule has 0 aliphatic carbocycles. The highest BCUT2D eigenvalue weighted by atomic mass is 35.5. The van der Waals surface area contributed by atoms with E-state index in [-0.39, 0.29) is 20.7 Å². The maximum Gasteiger partial charge on any atom is 0.265 e. The van der Waals surface area contributed by atoms with E-state index in [1.165, 1.54) is 19.2 Å². The molecule has 3 aromatic rings. The van der Waals surface area contributed by atoms with Crippen LogP contribution in [-0.4, -0.2) is 25.7 Å². The maximum absolute atomic E-state index is 12.6. The number of nitrogens with one attached hydrogen (secondary N) is 2. The van der Waals surface area contributed by atoms with Gasteiger partial charge in [-0.1, -0.05) is 23.2 Å². The monoisotopic (exact) mass is 371 g/mol. The molecule has 0 amide bonds. The van der Waals surface area contributed by atoms with Crippen LogP contribution in [0.3, 0.4) is 0 Å². The van der Waals surface area contributed by atoms with E-state index < -0.39 is 10.0 Å². The van der Waals surface area contributed by atoms with Gasteiger partial charge in [0.2, 0.25) is 0 Å². The number of aromatic amines is 1. The summed E-state index contributed by atoms with van der Waals surface area (Å²) in [4.78, 5) is -0.0980. The first-order valence-electron chi connectivity index (χ1n) is 6.40. The molecule has 0 aliphatic rings. The van der Waals surface area contributed by atoms with Crippen LogP contribution < -0.4 is 9.46 Å². The van der Waals surface area contributed by atoms with Crippen LogP contribution in [0.2, 0.25) is 10.0 Å². The van der Waals surface area contributed by atoms with Crippen molar-refractivity contribution in [3.8, 4) is 5.75 Å². The molecule has 0 saturated carbocycles. The van der Waals surface area contributed by atoms with E-state index in [0.717, 1.165) is 5.39 Å². The molecule has 23 heavy (non-hydrogen) atoms. The van der Waals surface area contributed by atoms with Crippen molar-refractivity contribution in [3.05, 3.63) is 46.6 Å². The summed E-state index contributed by atoms with van der Waals surface area (Å²) in [6.07, 6.45) is 1.65. The minimum atomic E-state index is -3.90. The van der Waals surface area contributed by atoms with Crippen molar-refractivity contribution < 1.29 is 13.2 Å². The Balaban J connectivity index is 2.03. The van der Waals surface area contributed by atoms with E-state index in [9.17, 15) is 8.42 Å². The SMILES string of the molecule is COc1c(S(=O)(=O)Nc2ccc3cn[nH]c3c2)ccc(Cl)c1Cl. The van der Waals surface area contributed by atoms with E-state index in [0.29, 0.717) is 11.2 Å². The largest absolute Gasteiger partial charge is 0.494 e. The molecule has 2 aromatic carbocycles. The average Bonchev–Trinajstić information content (AvgIpc) is 2.96. The van der Waals surface area contributed by atoms with E-state index >= 15 is 0 Å². The summed E-state index contributed by atoms with van der Waals surface area (Å²) in [5.41, 5.74) is 1.10. The van der Waals surface area contributed by atoms with Crippen molar-refractivity contribution in [2.75, 3.05) is 11.8 Å². The molecule has 0 spiro atoms. The fourth-order valence-corrected chi connectivity index (χ4v) is 3.80. The highest BCUT2D eigenvalue weighted by Gasteiger charge is 2.23. The first-order valence-corrected chi connectivity index (χ1v) is 8.64. The smallest absolute Gasteiger partial charge is 0.265 e. The second kappa shape index (κ2) is 5.92. The maximum atomic E-state index is 12.6. The Morgan fingerprint density at radius 2 is 2.00 bits per heavy atom. The Bertz CT molecular complexity index is 986. The van der Waals surface area contributed by atoms with Crippen molar-refractivity contribution >= 4 is 49.8 Å². The molecule has 2 N–H and O–H groups in total. The predicted octanol–water partition coefficient (Wildman–Crippen LogP) is 3.68. The number of rotatable bonds is 4. The molecule has 6 nitrogen and oxygen atoms in total. The number of methoxy groups -OCH3 is 1. The first-order chi connectivity index (χ1) is 10.9. The number of aromatic nitrogens is 2. The van der Waals surface area contributed by atoms with Gasteiger partial charge in [0.1, 0.15) is 9.92 Å². The minimum Gasteiger partial charge on any atom is -0.494 e. The molecule has 1 aromatic heterocycles. The third-order valence-electron chi connectivity index (χ3n) is 3.20. The molecular weight excluding hydrogens is 361 g/mol. The van der Waals surface area contributed by atoms with Gasteiger partial charge in [-0.15, -0.1) is 0 Å². The van der Waals surface area contributed by atoms with E-state index in [1.54, 1.807) is 24.4 Å². The average molecular weight is 372 g/mol. The van der Waals surface area contributed by atoms with Gasteiger partial charge in [-0.05, 0) is 30.3 Å². The van der Waals surface area contributed by atoms with Crippen molar-refractivity contribution in [3.63, 3.8) is 0 Å². The number of hydrogen-bond acceptors (Lipinski definition) is 4. The van der Waals surface area contributed by atoms with E-state index in [4.69, 9.17) is 27.9 Å². The second-order valence-corrected chi connectivity index (χ2v) is 7.11. The molecule has 0 atom stereocenters. The Morgan fingerprint density at radius 3 is 2.74 bits per heavy atom. The molecule has 0 bridgehead atoms. The lowest BCUT2D eigenvalue weighted by Crippen LogP contribution is -2.14. The summed E-state index contributed by atoms with van der Waals surface area (Å²) < 4.78 is 32.8. The van der Waals surface area contributed by atoms with Crippen molar-refractivity contribution in [2.45, 2.75) is 4.90 Å². The molecular formula is C14H11Cl2N3O3S. The minimum absolute atomic E-state index is 0.00529. The van der Waals surface area contributed by atoms with Crippen LogP contribution in [0.1, 0.15) is 0 Å². The summed E-state index contributed by atoms with van der Waals surface area (Å²) in [6.45, 7) is 0. The van der Waals surface area contributed by atoms with Crippen LogP contribution in [0, 0.1) is 0 Å². The number of fused-ring (bicyclic) bond motifs is 1. The van der Waals surface area contributed by atoms with Crippen LogP contribution in [0.4, 0.5) is 5.69 Å². The summed E-state index contributed by atoms with van der Waals surface area (Å²) in [6, 6.07) is 7.77. The van der Waals surface area contributed by atoms with Crippen molar-refractivity contribution in [1.82, 2.24) is 10.2 Å². The fraction of sp³-hybridized carbons (Fsp3) is 0.0714. The van der Waals surface area contributed by atoms with Crippen molar-refractivity contribution in [1.29, 1.82) is 0 Å². The zero-order valence-electron chi connectivity index (χ0n) is 11.8. The summed E-state index contributed by atoms with van der Waals surface area (Å²) in [5.74, 6) is -0.00529. The lowest BCUT2D eigenvalue weighted by Gasteiger charge is -2.13. The topological polar surface area (TPSA) is 84.1 Å². The van der Waals surface area contributed by atoms with Crippen LogP contribution >= 0.6 is 23.2 Å². The van der Waals surface area contributed by atoms with Gasteiger partial charge in [0.15, 0.2) is 5.75 Å². The van der Waals surface area contributed by atoms with Crippen LogP contribution in [0.5, 0.6) is 5.75 Å². The molecule has 3 rings (SSSR count). The van der Waals surface area contributed by atoms with Gasteiger partial charge in [-0.2, -0.15) is 5.10 Å². The molecule has 1 heterocycles. The number of halogens is 2. The molecule has 0 saturated heterocycles. The van der Waals surface area contributed by atoms with Gasteiger partial charge in [0, 0.05) is 5.39 Å². The number of H-pyrrole nitrogens is 1. The first kappa shape index (κ1) is 15.9. The van der Waals surface area contributed by atoms with Crippen LogP contribution in [0.15, 0.2) is 41.4 Å². The summed E-state index contributed by atoms with van der Waals surface area (Å²) in [5, 5.41) is 7.80. The highest BCUT2D eigenvalue weighted by Crippen LogP contribution is 2.38. The van der Waals surface area contributed by atoms with E-state index in [1.807, 2.05) is 0 Å². The van der Waals surface area contributed by atoms with Gasteiger partial charge >= 0.3 is 0 Å². The van der Waals surface area contributed by atoms with Gasteiger partial charge in [-0.3, -0.25) is 9.82 Å². The number of nitrogens with zero attached hydrogens (tertiary/aromatic N) is 1. The number of anilines is 1. The second-order valence-electron chi connectivity index (χ2n) is 4.67. The lowest BCUT2D eigenvalue weighted by atomic mass is 10.2. The lowest BCUT2D eigenvalue weighted by molar-refractivity contribution is 0.403. The Hall–Kier alpha value is -1.96. The predicted molar refractivity (Wildman–Crippen MR) is 89.9 cm³/mol. The molecule has 120 valence electrons. The third-order valence-corrected chi connectivity index (χ3v) is 5.39. The van der Waals surface area contributed by atoms with Gasteiger partial charge in [0.25, 0.3) is 10.0 Å². The molecule has 9 heteroatoms. The third kappa shape index (κ3) is 2.95. The summed E-state index contributed by atoms with van der Waals surface area (Å²) >= 11 is 11.9. The van der Waals surface area contributed by atoms with Gasteiger partial charge in [-0.25, -0.2) is 8.42 Å². The Kier molecular flexibility index (Phi) is 4.09. The van der Waals surface area contributed by atoms with Crippen LogP contribution in [-0.2, 0) is 10.0 Å². The van der Waals surface area contributed by atoms with Gasteiger partial charge in [0.05, 0.1) is 29.5 Å². The summed E-state index contributed by atoms with van der Waals surface area (Å²) in [7, 11) is -2.57. The zero-order valence-corrected chi connectivity index (χ0v) is 14.1. The van der Waals surface area contributed by atoms with E-state index in [2.05, 4.69) is 14.9 Å². The molecule has 0 fully saturated rings. The van der Waals surface area contributed by atoms with Crippen LogP contribution in [0.25, 0.3) is 10.9 Å². The normalized spacial score (nSPS) is 11.6. The number of ether oxygens (including phenoxy) is 1. The molecule has 0 radical (unpaired) electrons. The number of sulfonamides is 1. The number of benzene rings is 2. The fourth-order valence-electron chi connectivity index (χ4n) is 2.13. The number of hydrogen-bond donors (Lipinski definition) is 2. The Labute approximate surface area is 142 Å². The standard InChI is InChI=1S/C14H11Cl2N3O3S/c1-22-14-12(5-4-10(15)13(14)16)23(20,21)19-9-3-2-8-7-17-18-11(8)6-9/h2-7,19H,1H3,(H,17,18). The van der Waals surface area contributed by atoms with Crippen molar-refractivity contribution in [2.24, 2.45) is 0 Å². The molecule has 0 aliphatic heterocycles. The quantitative estimate of drug-likeness (QED) is 0.732.